The second-order valence-corrected chi connectivity index (χ2v) is 7.62. The molecule has 1 amide bonds. The van der Waals surface area contributed by atoms with Crippen LogP contribution in [0.2, 0.25) is 0 Å². The maximum atomic E-state index is 12.5. The van der Waals surface area contributed by atoms with Crippen molar-refractivity contribution >= 4 is 16.9 Å². The van der Waals surface area contributed by atoms with Crippen LogP contribution in [-0.2, 0) is 11.3 Å². The van der Waals surface area contributed by atoms with Gasteiger partial charge in [-0.25, -0.2) is 4.98 Å². The van der Waals surface area contributed by atoms with Gasteiger partial charge in [-0.05, 0) is 31.0 Å². The molecule has 1 aliphatic rings. The van der Waals surface area contributed by atoms with Crippen molar-refractivity contribution in [3.63, 3.8) is 0 Å². The number of nitrogens with zero attached hydrogens (tertiary/aromatic N) is 3. The standard InChI is InChI=1S/C23H27N3O/c1-3-4-13-25-16-19(14-22(25)27)23-24-20-7-5-6-8-21(20)26(23)15-18-11-9-17(2)10-12-18/h5-12,19H,3-4,13-16H2,1-2H3. The lowest BCUT2D eigenvalue weighted by Gasteiger charge is -2.17. The number of aromatic nitrogens is 2. The molecule has 1 fully saturated rings. The number of carbonyl (C=O) groups excluding carboxylic acids is 1. The number of fused-ring (bicyclic) bond motifs is 1. The van der Waals surface area contributed by atoms with Crippen LogP contribution in [0.25, 0.3) is 11.0 Å². The van der Waals surface area contributed by atoms with Gasteiger partial charge in [0.1, 0.15) is 5.82 Å². The highest BCUT2D eigenvalue weighted by atomic mass is 16.2. The summed E-state index contributed by atoms with van der Waals surface area (Å²) in [4.78, 5) is 19.4. The predicted octanol–water partition coefficient (Wildman–Crippen LogP) is 4.51. The summed E-state index contributed by atoms with van der Waals surface area (Å²) in [7, 11) is 0. The molecule has 27 heavy (non-hydrogen) atoms. The summed E-state index contributed by atoms with van der Waals surface area (Å²) in [6.07, 6.45) is 2.75. The molecule has 1 unspecified atom stereocenters. The Labute approximate surface area is 160 Å². The number of hydrogen-bond donors (Lipinski definition) is 0. The Kier molecular flexibility index (Phi) is 4.97. The molecule has 1 atom stereocenters. The van der Waals surface area contributed by atoms with Crippen molar-refractivity contribution in [2.24, 2.45) is 0 Å². The smallest absolute Gasteiger partial charge is 0.223 e. The molecule has 3 aromatic rings. The molecular weight excluding hydrogens is 334 g/mol. The maximum absolute atomic E-state index is 12.5. The second kappa shape index (κ2) is 7.55. The summed E-state index contributed by atoms with van der Waals surface area (Å²) in [5.74, 6) is 1.48. The van der Waals surface area contributed by atoms with Crippen LogP contribution in [0.3, 0.4) is 0 Å². The molecule has 140 valence electrons. The number of likely N-dealkylation sites (tertiary alicyclic amines) is 1. The van der Waals surface area contributed by atoms with E-state index in [1.165, 1.54) is 11.1 Å². The van der Waals surface area contributed by atoms with E-state index in [0.717, 1.165) is 49.3 Å². The van der Waals surface area contributed by atoms with E-state index < -0.39 is 0 Å². The maximum Gasteiger partial charge on any atom is 0.223 e. The van der Waals surface area contributed by atoms with E-state index in [-0.39, 0.29) is 11.8 Å². The molecule has 0 bridgehead atoms. The summed E-state index contributed by atoms with van der Waals surface area (Å²) in [5.41, 5.74) is 4.69. The van der Waals surface area contributed by atoms with E-state index in [9.17, 15) is 4.79 Å². The zero-order chi connectivity index (χ0) is 18.8. The van der Waals surface area contributed by atoms with E-state index >= 15 is 0 Å². The van der Waals surface area contributed by atoms with Crippen LogP contribution in [0.5, 0.6) is 0 Å². The highest BCUT2D eigenvalue weighted by Gasteiger charge is 2.33. The molecule has 0 spiro atoms. The lowest BCUT2D eigenvalue weighted by atomic mass is 10.1. The second-order valence-electron chi connectivity index (χ2n) is 7.62. The van der Waals surface area contributed by atoms with Gasteiger partial charge in [-0.2, -0.15) is 0 Å². The molecule has 0 aliphatic carbocycles. The average molecular weight is 361 g/mol. The molecule has 0 radical (unpaired) electrons. The van der Waals surface area contributed by atoms with Gasteiger partial charge in [0.2, 0.25) is 5.91 Å². The van der Waals surface area contributed by atoms with Gasteiger partial charge in [-0.15, -0.1) is 0 Å². The van der Waals surface area contributed by atoms with Crippen molar-refractivity contribution in [2.45, 2.75) is 45.6 Å². The summed E-state index contributed by atoms with van der Waals surface area (Å²) < 4.78 is 2.31. The fourth-order valence-corrected chi connectivity index (χ4v) is 3.96. The topological polar surface area (TPSA) is 38.1 Å². The molecule has 4 rings (SSSR count). The van der Waals surface area contributed by atoms with Crippen molar-refractivity contribution in [3.8, 4) is 0 Å². The van der Waals surface area contributed by atoms with Gasteiger partial charge in [0, 0.05) is 32.0 Å². The molecular formula is C23H27N3O. The molecule has 2 heterocycles. The Hall–Kier alpha value is -2.62. The van der Waals surface area contributed by atoms with Crippen molar-refractivity contribution in [1.29, 1.82) is 0 Å². The van der Waals surface area contributed by atoms with Crippen LogP contribution in [0.15, 0.2) is 48.5 Å². The number of rotatable bonds is 6. The fourth-order valence-electron chi connectivity index (χ4n) is 3.96. The third-order valence-electron chi connectivity index (χ3n) is 5.51. The number of unbranched alkanes of at least 4 members (excludes halogenated alkanes) is 1. The van der Waals surface area contributed by atoms with Crippen LogP contribution in [-0.4, -0.2) is 33.4 Å². The Morgan fingerprint density at radius 1 is 1.11 bits per heavy atom. The highest BCUT2D eigenvalue weighted by molar-refractivity contribution is 5.81. The van der Waals surface area contributed by atoms with Gasteiger partial charge in [0.25, 0.3) is 0 Å². The van der Waals surface area contributed by atoms with Crippen LogP contribution >= 0.6 is 0 Å². The molecule has 1 aromatic heterocycles. The van der Waals surface area contributed by atoms with E-state index in [1.54, 1.807) is 0 Å². The molecule has 0 saturated carbocycles. The van der Waals surface area contributed by atoms with Crippen LogP contribution in [0, 0.1) is 6.92 Å². The summed E-state index contributed by atoms with van der Waals surface area (Å²) in [6.45, 7) is 6.71. The van der Waals surface area contributed by atoms with Gasteiger partial charge in [0.05, 0.1) is 11.0 Å². The third-order valence-corrected chi connectivity index (χ3v) is 5.51. The van der Waals surface area contributed by atoms with E-state index in [4.69, 9.17) is 4.98 Å². The lowest BCUT2D eigenvalue weighted by Crippen LogP contribution is -2.26. The van der Waals surface area contributed by atoms with Gasteiger partial charge < -0.3 is 9.47 Å². The number of imidazole rings is 1. The summed E-state index contributed by atoms with van der Waals surface area (Å²) in [5, 5.41) is 0. The molecule has 1 aliphatic heterocycles. The third kappa shape index (κ3) is 3.61. The summed E-state index contributed by atoms with van der Waals surface area (Å²) in [6, 6.07) is 17.0. The molecule has 4 nitrogen and oxygen atoms in total. The monoisotopic (exact) mass is 361 g/mol. The lowest BCUT2D eigenvalue weighted by molar-refractivity contribution is -0.127. The molecule has 0 N–H and O–H groups in total. The van der Waals surface area contributed by atoms with Crippen LogP contribution in [0.4, 0.5) is 0 Å². The van der Waals surface area contributed by atoms with Gasteiger partial charge in [0.15, 0.2) is 0 Å². The Morgan fingerprint density at radius 2 is 1.89 bits per heavy atom. The number of aryl methyl sites for hydroxylation is 1. The minimum Gasteiger partial charge on any atom is -0.342 e. The highest BCUT2D eigenvalue weighted by Crippen LogP contribution is 2.31. The van der Waals surface area contributed by atoms with Gasteiger partial charge >= 0.3 is 0 Å². The van der Waals surface area contributed by atoms with E-state index in [2.05, 4.69) is 60.9 Å². The zero-order valence-electron chi connectivity index (χ0n) is 16.2. The average Bonchev–Trinajstić information content (AvgIpc) is 3.22. The van der Waals surface area contributed by atoms with Crippen molar-refractivity contribution in [2.75, 3.05) is 13.1 Å². The zero-order valence-corrected chi connectivity index (χ0v) is 16.2. The quantitative estimate of drug-likeness (QED) is 0.648. The van der Waals surface area contributed by atoms with E-state index in [1.807, 2.05) is 11.0 Å². The van der Waals surface area contributed by atoms with Crippen molar-refractivity contribution in [1.82, 2.24) is 14.5 Å². The van der Waals surface area contributed by atoms with Crippen LogP contribution < -0.4 is 0 Å². The van der Waals surface area contributed by atoms with Crippen LogP contribution in [0.1, 0.15) is 49.1 Å². The van der Waals surface area contributed by atoms with Crippen molar-refractivity contribution in [3.05, 3.63) is 65.5 Å². The van der Waals surface area contributed by atoms with E-state index in [0.29, 0.717) is 6.42 Å². The Bertz CT molecular complexity index is 942. The number of amides is 1. The summed E-state index contributed by atoms with van der Waals surface area (Å²) >= 11 is 0. The minimum absolute atomic E-state index is 0.173. The molecule has 2 aromatic carbocycles. The largest absolute Gasteiger partial charge is 0.342 e. The number of para-hydroxylation sites is 2. The normalized spacial score (nSPS) is 17.2. The molecule has 4 heteroatoms. The first-order chi connectivity index (χ1) is 13.2. The Morgan fingerprint density at radius 3 is 2.67 bits per heavy atom. The SMILES string of the molecule is CCCCN1CC(c2nc3ccccc3n2Cc2ccc(C)cc2)CC1=O. The first kappa shape index (κ1) is 17.8. The number of carbonyl (C=O) groups is 1. The molecule has 1 saturated heterocycles. The minimum atomic E-state index is 0.173. The Balaban J connectivity index is 1.68. The van der Waals surface area contributed by atoms with Gasteiger partial charge in [-0.3, -0.25) is 4.79 Å². The first-order valence-electron chi connectivity index (χ1n) is 9.94. The number of benzene rings is 2. The number of hydrogen-bond acceptors (Lipinski definition) is 2. The van der Waals surface area contributed by atoms with Gasteiger partial charge in [-0.1, -0.05) is 55.3 Å². The fraction of sp³-hybridized carbons (Fsp3) is 0.391. The first-order valence-corrected chi connectivity index (χ1v) is 9.94. The predicted molar refractivity (Wildman–Crippen MR) is 109 cm³/mol. The van der Waals surface area contributed by atoms with Crippen molar-refractivity contribution < 1.29 is 4.79 Å².